The molecule has 1 fully saturated rings. The van der Waals surface area contributed by atoms with E-state index in [0.29, 0.717) is 5.13 Å². The zero-order valence-corrected chi connectivity index (χ0v) is 9.56. The standard InChI is InChI=1S/C8H7N3O3S2/c12-5(10-7-9-1-2-15-7)3-4-6(13)11-8(14)16-4/h1-2,4H,3H2,(H,9,10,12)(H,11,13,14)/t4-/m0/s1. The van der Waals surface area contributed by atoms with E-state index in [-0.39, 0.29) is 12.3 Å². The monoisotopic (exact) mass is 257 g/mol. The van der Waals surface area contributed by atoms with Crippen LogP contribution in [-0.2, 0) is 9.59 Å². The Bertz CT molecular complexity index is 432. The van der Waals surface area contributed by atoms with Crippen LogP contribution in [0.4, 0.5) is 9.93 Å². The van der Waals surface area contributed by atoms with Gasteiger partial charge in [-0.1, -0.05) is 11.8 Å². The largest absolute Gasteiger partial charge is 0.302 e. The smallest absolute Gasteiger partial charge is 0.286 e. The lowest BCUT2D eigenvalue weighted by Gasteiger charge is -2.04. The molecule has 2 N–H and O–H groups in total. The quantitative estimate of drug-likeness (QED) is 0.837. The Morgan fingerprint density at radius 2 is 2.38 bits per heavy atom. The highest BCUT2D eigenvalue weighted by molar-refractivity contribution is 8.15. The van der Waals surface area contributed by atoms with Crippen LogP contribution in [0.5, 0.6) is 0 Å². The molecule has 0 aliphatic carbocycles. The highest BCUT2D eigenvalue weighted by Crippen LogP contribution is 2.22. The van der Waals surface area contributed by atoms with Crippen molar-refractivity contribution in [2.45, 2.75) is 11.7 Å². The molecule has 16 heavy (non-hydrogen) atoms. The van der Waals surface area contributed by atoms with E-state index in [1.807, 2.05) is 0 Å². The maximum atomic E-state index is 11.5. The first-order valence-electron chi connectivity index (χ1n) is 4.36. The molecule has 0 radical (unpaired) electrons. The summed E-state index contributed by atoms with van der Waals surface area (Å²) < 4.78 is 0. The van der Waals surface area contributed by atoms with Crippen LogP contribution in [0.3, 0.4) is 0 Å². The molecule has 0 saturated carbocycles. The van der Waals surface area contributed by atoms with Crippen molar-refractivity contribution in [2.75, 3.05) is 5.32 Å². The number of nitrogens with one attached hydrogen (secondary N) is 2. The van der Waals surface area contributed by atoms with Crippen LogP contribution in [0, 0.1) is 0 Å². The van der Waals surface area contributed by atoms with Crippen molar-refractivity contribution in [2.24, 2.45) is 0 Å². The SMILES string of the molecule is O=C(C[C@@H]1SC(=O)NC1=O)Nc1nccs1. The zero-order chi connectivity index (χ0) is 11.5. The number of aromatic nitrogens is 1. The van der Waals surface area contributed by atoms with Gasteiger partial charge in [0, 0.05) is 18.0 Å². The van der Waals surface area contributed by atoms with Crippen molar-refractivity contribution < 1.29 is 14.4 Å². The molecule has 0 spiro atoms. The Kier molecular flexibility index (Phi) is 3.20. The lowest BCUT2D eigenvalue weighted by Crippen LogP contribution is -2.27. The van der Waals surface area contributed by atoms with Crippen molar-refractivity contribution in [1.82, 2.24) is 10.3 Å². The summed E-state index contributed by atoms with van der Waals surface area (Å²) in [4.78, 5) is 37.4. The molecule has 0 unspecified atom stereocenters. The summed E-state index contributed by atoms with van der Waals surface area (Å²) in [6.07, 6.45) is 1.54. The van der Waals surface area contributed by atoms with Gasteiger partial charge in [0.25, 0.3) is 5.24 Å². The summed E-state index contributed by atoms with van der Waals surface area (Å²) in [7, 11) is 0. The van der Waals surface area contributed by atoms with Gasteiger partial charge in [0.2, 0.25) is 11.8 Å². The molecule has 1 atom stereocenters. The predicted octanol–water partition coefficient (Wildman–Crippen LogP) is 0.823. The number of amides is 3. The maximum Gasteiger partial charge on any atom is 0.286 e. The van der Waals surface area contributed by atoms with Crippen LogP contribution in [-0.4, -0.2) is 27.3 Å². The summed E-state index contributed by atoms with van der Waals surface area (Å²) in [5, 5.41) is 5.85. The average Bonchev–Trinajstić information content (AvgIpc) is 2.78. The van der Waals surface area contributed by atoms with E-state index in [1.54, 1.807) is 11.6 Å². The fourth-order valence-corrected chi connectivity index (χ4v) is 2.52. The van der Waals surface area contributed by atoms with Gasteiger partial charge in [-0.25, -0.2) is 4.98 Å². The minimum absolute atomic E-state index is 0.0260. The van der Waals surface area contributed by atoms with Crippen molar-refractivity contribution in [3.63, 3.8) is 0 Å². The minimum atomic E-state index is -0.632. The third kappa shape index (κ3) is 2.58. The second kappa shape index (κ2) is 4.62. The molecule has 84 valence electrons. The molecule has 2 rings (SSSR count). The van der Waals surface area contributed by atoms with Crippen LogP contribution in [0.2, 0.25) is 0 Å². The van der Waals surface area contributed by atoms with E-state index in [4.69, 9.17) is 0 Å². The number of carbonyl (C=O) groups excluding carboxylic acids is 3. The van der Waals surface area contributed by atoms with Gasteiger partial charge in [-0.15, -0.1) is 11.3 Å². The number of thioether (sulfide) groups is 1. The van der Waals surface area contributed by atoms with E-state index in [2.05, 4.69) is 15.6 Å². The van der Waals surface area contributed by atoms with Crippen LogP contribution in [0.25, 0.3) is 0 Å². The Morgan fingerprint density at radius 1 is 1.56 bits per heavy atom. The number of rotatable bonds is 3. The molecule has 1 aliphatic heterocycles. The molecule has 1 aromatic heterocycles. The molecule has 1 saturated heterocycles. The zero-order valence-electron chi connectivity index (χ0n) is 7.93. The van der Waals surface area contributed by atoms with Crippen LogP contribution in [0.1, 0.15) is 6.42 Å². The highest BCUT2D eigenvalue weighted by atomic mass is 32.2. The molecule has 3 amide bonds. The topological polar surface area (TPSA) is 88.2 Å². The number of hydrogen-bond donors (Lipinski definition) is 2. The van der Waals surface area contributed by atoms with Crippen molar-refractivity contribution in [3.05, 3.63) is 11.6 Å². The lowest BCUT2D eigenvalue weighted by atomic mass is 10.3. The minimum Gasteiger partial charge on any atom is -0.302 e. The number of hydrogen-bond acceptors (Lipinski definition) is 6. The van der Waals surface area contributed by atoms with Gasteiger partial charge in [-0.2, -0.15) is 0 Å². The predicted molar refractivity (Wildman–Crippen MR) is 60.3 cm³/mol. The molecule has 0 bridgehead atoms. The second-order valence-corrected chi connectivity index (χ2v) is 5.04. The number of thiazole rings is 1. The van der Waals surface area contributed by atoms with Gasteiger partial charge in [-0.05, 0) is 0 Å². The average molecular weight is 257 g/mol. The first-order valence-corrected chi connectivity index (χ1v) is 6.12. The molecular weight excluding hydrogens is 250 g/mol. The lowest BCUT2D eigenvalue weighted by molar-refractivity contribution is -0.122. The van der Waals surface area contributed by atoms with E-state index in [0.717, 1.165) is 11.8 Å². The van der Waals surface area contributed by atoms with Gasteiger partial charge in [-0.3, -0.25) is 19.7 Å². The number of imide groups is 1. The van der Waals surface area contributed by atoms with Crippen LogP contribution < -0.4 is 10.6 Å². The number of carbonyl (C=O) groups is 3. The van der Waals surface area contributed by atoms with E-state index >= 15 is 0 Å². The first-order chi connectivity index (χ1) is 7.65. The van der Waals surface area contributed by atoms with Crippen molar-refractivity contribution in [1.29, 1.82) is 0 Å². The van der Waals surface area contributed by atoms with Crippen LogP contribution in [0.15, 0.2) is 11.6 Å². The van der Waals surface area contributed by atoms with Gasteiger partial charge in [0.05, 0.1) is 0 Å². The molecule has 2 heterocycles. The fraction of sp³-hybridized carbons (Fsp3) is 0.250. The third-order valence-corrected chi connectivity index (χ3v) is 3.49. The molecule has 1 aromatic rings. The Hall–Kier alpha value is -1.41. The number of nitrogens with zero attached hydrogens (tertiary/aromatic N) is 1. The molecule has 6 nitrogen and oxygen atoms in total. The van der Waals surface area contributed by atoms with Gasteiger partial charge in [0.15, 0.2) is 5.13 Å². The molecule has 0 aromatic carbocycles. The third-order valence-electron chi connectivity index (χ3n) is 1.82. The summed E-state index contributed by atoms with van der Waals surface area (Å²) in [5.74, 6) is -0.735. The Morgan fingerprint density at radius 3 is 2.94 bits per heavy atom. The number of anilines is 1. The second-order valence-electron chi connectivity index (χ2n) is 2.97. The molecule has 8 heteroatoms. The van der Waals surface area contributed by atoms with Crippen molar-refractivity contribution >= 4 is 45.3 Å². The van der Waals surface area contributed by atoms with Gasteiger partial charge < -0.3 is 5.32 Å². The Labute approximate surface area is 98.8 Å². The normalized spacial score (nSPS) is 19.6. The summed E-state index contributed by atoms with van der Waals surface area (Å²) in [5.41, 5.74) is 0. The summed E-state index contributed by atoms with van der Waals surface area (Å²) >= 11 is 2.13. The fourth-order valence-electron chi connectivity index (χ4n) is 1.15. The first kappa shape index (κ1) is 11.1. The van der Waals surface area contributed by atoms with Crippen LogP contribution >= 0.6 is 23.1 Å². The van der Waals surface area contributed by atoms with Crippen molar-refractivity contribution in [3.8, 4) is 0 Å². The van der Waals surface area contributed by atoms with E-state index < -0.39 is 16.4 Å². The molecule has 1 aliphatic rings. The highest BCUT2D eigenvalue weighted by Gasteiger charge is 2.33. The summed E-state index contributed by atoms with van der Waals surface area (Å²) in [6, 6.07) is 0. The molecular formula is C8H7N3O3S2. The van der Waals surface area contributed by atoms with E-state index in [9.17, 15) is 14.4 Å². The van der Waals surface area contributed by atoms with Gasteiger partial charge >= 0.3 is 0 Å². The van der Waals surface area contributed by atoms with Gasteiger partial charge in [0.1, 0.15) is 5.25 Å². The summed E-state index contributed by atoms with van der Waals surface area (Å²) in [6.45, 7) is 0. The van der Waals surface area contributed by atoms with E-state index in [1.165, 1.54) is 11.3 Å². The Balaban J connectivity index is 1.88. The maximum absolute atomic E-state index is 11.5.